The summed E-state index contributed by atoms with van der Waals surface area (Å²) in [5.74, 6) is -0.673. The molecule has 4 rings (SSSR count). The molecule has 12 heteroatoms. The molecule has 0 unspecified atom stereocenters. The lowest BCUT2D eigenvalue weighted by atomic mass is 9.88. The number of rotatable bonds is 9. The number of carbonyl (C=O) groups excluding carboxylic acids is 2. The molecule has 3 aromatic heterocycles. The van der Waals surface area contributed by atoms with E-state index in [-0.39, 0.29) is 56.6 Å². The Morgan fingerprint density at radius 1 is 1.23 bits per heavy atom. The molecule has 2 N–H and O–H groups in total. The highest BCUT2D eigenvalue weighted by molar-refractivity contribution is 7.14. The van der Waals surface area contributed by atoms with E-state index < -0.39 is 12.3 Å². The number of anilines is 1. The lowest BCUT2D eigenvalue weighted by Gasteiger charge is -2.28. The highest BCUT2D eigenvalue weighted by Gasteiger charge is 2.33. The summed E-state index contributed by atoms with van der Waals surface area (Å²) in [5, 5.41) is 16.1. The molecule has 1 saturated heterocycles. The van der Waals surface area contributed by atoms with Gasteiger partial charge in [-0.1, -0.05) is 47.6 Å². The van der Waals surface area contributed by atoms with Gasteiger partial charge in [0.2, 0.25) is 5.95 Å². The minimum absolute atomic E-state index is 0.0700. The van der Waals surface area contributed by atoms with Crippen molar-refractivity contribution in [3.63, 3.8) is 0 Å². The zero-order valence-electron chi connectivity index (χ0n) is 26.4. The van der Waals surface area contributed by atoms with Gasteiger partial charge in [-0.2, -0.15) is 5.26 Å². The van der Waals surface area contributed by atoms with E-state index in [1.54, 1.807) is 21.7 Å². The second-order valence-corrected chi connectivity index (χ2v) is 14.6. The van der Waals surface area contributed by atoms with Gasteiger partial charge in [-0.25, -0.2) is 18.7 Å². The summed E-state index contributed by atoms with van der Waals surface area (Å²) in [7, 11) is 0. The van der Waals surface area contributed by atoms with E-state index >= 15 is 0 Å². The van der Waals surface area contributed by atoms with Crippen LogP contribution in [-0.2, 0) is 17.9 Å². The number of pyridine rings is 1. The van der Waals surface area contributed by atoms with Gasteiger partial charge < -0.3 is 10.2 Å². The van der Waals surface area contributed by atoms with Crippen LogP contribution < -0.4 is 10.6 Å². The van der Waals surface area contributed by atoms with E-state index in [0.29, 0.717) is 30.7 Å². The molecule has 1 fully saturated rings. The highest BCUT2D eigenvalue weighted by Crippen LogP contribution is 2.30. The molecular weight excluding hydrogens is 584 g/mol. The summed E-state index contributed by atoms with van der Waals surface area (Å²) >= 11 is 0.729. The molecule has 9 nitrogen and oxygen atoms in total. The average Bonchev–Trinajstić information content (AvgIpc) is 3.68. The quantitative estimate of drug-likeness (QED) is 0.202. The third-order valence-electron chi connectivity index (χ3n) is 7.80. The number of nitrogens with one attached hydrogen (secondary N) is 2. The van der Waals surface area contributed by atoms with Gasteiger partial charge in [0, 0.05) is 31.9 Å². The van der Waals surface area contributed by atoms with Crippen molar-refractivity contribution >= 4 is 40.3 Å². The van der Waals surface area contributed by atoms with Gasteiger partial charge >= 0.3 is 0 Å². The molecule has 2 atom stereocenters. The van der Waals surface area contributed by atoms with Crippen molar-refractivity contribution in [1.82, 2.24) is 24.8 Å². The summed E-state index contributed by atoms with van der Waals surface area (Å²) < 4.78 is 28.1. The molecule has 0 spiro atoms. The Morgan fingerprint density at radius 2 is 1.95 bits per heavy atom. The van der Waals surface area contributed by atoms with E-state index in [9.17, 15) is 23.6 Å². The van der Waals surface area contributed by atoms with Crippen molar-refractivity contribution in [3.8, 4) is 6.07 Å². The molecule has 1 aliphatic rings. The zero-order valence-corrected chi connectivity index (χ0v) is 27.2. The predicted molar refractivity (Wildman–Crippen MR) is 168 cm³/mol. The van der Waals surface area contributed by atoms with Crippen molar-refractivity contribution in [2.45, 2.75) is 92.9 Å². The van der Waals surface area contributed by atoms with Crippen molar-refractivity contribution < 1.29 is 18.4 Å². The maximum absolute atomic E-state index is 13.5. The standard InChI is InChI=1S/C32H41F2N7O2S/c1-19(32(5,6)7)36-16-20-13-23-27(37-17-20)41(30(38-23)39-28(42)25-11-10-24(44-25)26(33)34)18-22-9-8-12-40(22)29(43)21(15-35)14-31(2,3)4/h10-11,13-14,17,19,22,26,36H,8-9,12,16,18H2,1-7H3,(H,38,39,42)/b21-14+/t19-,22+/m0/s1. The van der Waals surface area contributed by atoms with E-state index in [1.165, 1.54) is 12.1 Å². The Hall–Kier alpha value is -3.69. The molecule has 0 radical (unpaired) electrons. The first-order valence-electron chi connectivity index (χ1n) is 14.8. The fraction of sp³-hybridized carbons (Fsp3) is 0.531. The van der Waals surface area contributed by atoms with Gasteiger partial charge in [-0.05, 0) is 54.4 Å². The summed E-state index contributed by atoms with van der Waals surface area (Å²) in [5.41, 5.74) is 1.82. The second kappa shape index (κ2) is 13.1. The summed E-state index contributed by atoms with van der Waals surface area (Å²) in [4.78, 5) is 37.7. The van der Waals surface area contributed by atoms with Gasteiger partial charge in [0.25, 0.3) is 18.2 Å². The van der Waals surface area contributed by atoms with Crippen LogP contribution in [0.25, 0.3) is 11.2 Å². The zero-order chi connectivity index (χ0) is 32.4. The number of thiophene rings is 1. The third-order valence-corrected chi connectivity index (χ3v) is 8.89. The monoisotopic (exact) mass is 625 g/mol. The van der Waals surface area contributed by atoms with Crippen LogP contribution in [-0.4, -0.2) is 49.9 Å². The second-order valence-electron chi connectivity index (χ2n) is 13.5. The molecule has 1 aliphatic heterocycles. The number of nitriles is 1. The molecule has 0 bridgehead atoms. The number of alkyl halides is 2. The minimum atomic E-state index is -2.67. The minimum Gasteiger partial charge on any atom is -0.333 e. The van der Waals surface area contributed by atoms with Gasteiger partial charge in [-0.15, -0.1) is 11.3 Å². The first-order valence-corrected chi connectivity index (χ1v) is 15.6. The number of carbonyl (C=O) groups is 2. The number of likely N-dealkylation sites (tertiary alicyclic amines) is 1. The Kier molecular flexibility index (Phi) is 9.90. The van der Waals surface area contributed by atoms with Gasteiger partial charge in [0.15, 0.2) is 5.65 Å². The number of amides is 2. The molecule has 4 heterocycles. The molecule has 0 aromatic carbocycles. The van der Waals surface area contributed by atoms with Crippen molar-refractivity contribution in [2.24, 2.45) is 10.8 Å². The van der Waals surface area contributed by atoms with Crippen LogP contribution in [0.5, 0.6) is 0 Å². The van der Waals surface area contributed by atoms with Crippen LogP contribution in [0.4, 0.5) is 14.7 Å². The first-order chi connectivity index (χ1) is 20.6. The normalized spacial score (nSPS) is 16.9. The number of halogens is 2. The SMILES string of the molecule is C[C@H](NCc1cnc2c(c1)nc(NC(=O)c1ccc(C(F)F)s1)n2C[C@H]1CCCN1C(=O)/C(C#N)=C/C(C)(C)C)C(C)(C)C. The molecule has 3 aromatic rings. The summed E-state index contributed by atoms with van der Waals surface area (Å²) in [6.07, 6.45) is 2.25. The Labute approximate surface area is 261 Å². The Morgan fingerprint density at radius 3 is 2.57 bits per heavy atom. The Balaban J connectivity index is 1.67. The largest absolute Gasteiger partial charge is 0.333 e. The molecule has 2 amide bonds. The fourth-order valence-electron chi connectivity index (χ4n) is 4.98. The molecular formula is C32H41F2N7O2S. The fourth-order valence-corrected chi connectivity index (χ4v) is 5.74. The topological polar surface area (TPSA) is 116 Å². The number of aromatic nitrogens is 3. The maximum Gasteiger partial charge on any atom is 0.272 e. The third kappa shape index (κ3) is 7.87. The van der Waals surface area contributed by atoms with Crippen LogP contribution in [0.3, 0.4) is 0 Å². The molecule has 0 saturated carbocycles. The average molecular weight is 626 g/mol. The van der Waals surface area contributed by atoms with Crippen LogP contribution in [0.1, 0.15) is 87.8 Å². The number of fused-ring (bicyclic) bond motifs is 1. The molecule has 0 aliphatic carbocycles. The van der Waals surface area contributed by atoms with E-state index in [1.807, 2.05) is 26.8 Å². The van der Waals surface area contributed by atoms with Crippen LogP contribution >= 0.6 is 11.3 Å². The number of nitrogens with zero attached hydrogens (tertiary/aromatic N) is 5. The number of hydrogen-bond acceptors (Lipinski definition) is 7. The lowest BCUT2D eigenvalue weighted by molar-refractivity contribution is -0.127. The van der Waals surface area contributed by atoms with Crippen LogP contribution in [0.15, 0.2) is 36.0 Å². The van der Waals surface area contributed by atoms with Crippen LogP contribution in [0.2, 0.25) is 0 Å². The van der Waals surface area contributed by atoms with Crippen molar-refractivity contribution in [2.75, 3.05) is 11.9 Å². The maximum atomic E-state index is 13.5. The highest BCUT2D eigenvalue weighted by atomic mass is 32.1. The molecule has 236 valence electrons. The van der Waals surface area contributed by atoms with Gasteiger partial charge in [0.05, 0.1) is 15.8 Å². The summed E-state index contributed by atoms with van der Waals surface area (Å²) in [6, 6.07) is 6.57. The van der Waals surface area contributed by atoms with Gasteiger partial charge in [-0.3, -0.25) is 19.5 Å². The summed E-state index contributed by atoms with van der Waals surface area (Å²) in [6.45, 7) is 15.8. The first kappa shape index (κ1) is 33.2. The van der Waals surface area contributed by atoms with E-state index in [0.717, 1.165) is 23.3 Å². The smallest absolute Gasteiger partial charge is 0.272 e. The molecule has 44 heavy (non-hydrogen) atoms. The predicted octanol–water partition coefficient (Wildman–Crippen LogP) is 6.69. The number of hydrogen-bond donors (Lipinski definition) is 2. The lowest BCUT2D eigenvalue weighted by Crippen LogP contribution is -2.39. The number of imidazole rings is 1. The van der Waals surface area contributed by atoms with Crippen LogP contribution in [0, 0.1) is 22.2 Å². The van der Waals surface area contributed by atoms with Crippen molar-refractivity contribution in [3.05, 3.63) is 51.4 Å². The van der Waals surface area contributed by atoms with E-state index in [2.05, 4.69) is 44.4 Å². The van der Waals surface area contributed by atoms with E-state index in [4.69, 9.17) is 9.97 Å². The number of allylic oxidation sites excluding steroid dienone is 1. The van der Waals surface area contributed by atoms with Crippen molar-refractivity contribution in [1.29, 1.82) is 5.26 Å². The Bertz CT molecular complexity index is 1590. The van der Waals surface area contributed by atoms with Gasteiger partial charge in [0.1, 0.15) is 17.2 Å².